The fourth-order valence-electron chi connectivity index (χ4n) is 1.19. The standard InChI is InChI=1S/C11H22N2O3S/c1-7(6-17-5)13(4)11(16)12-9(3)8(2)10(14)15/h7-9H,6H2,1-5H3,(H,12,16)(H,14,15). The van der Waals surface area contributed by atoms with E-state index in [-0.39, 0.29) is 18.1 Å². The summed E-state index contributed by atoms with van der Waals surface area (Å²) in [6.45, 7) is 5.24. The quantitative estimate of drug-likeness (QED) is 0.761. The van der Waals surface area contributed by atoms with Crippen molar-refractivity contribution in [2.45, 2.75) is 32.9 Å². The zero-order chi connectivity index (χ0) is 13.6. The first-order valence-corrected chi connectivity index (χ1v) is 6.95. The lowest BCUT2D eigenvalue weighted by Crippen LogP contribution is -2.49. The second-order valence-corrected chi connectivity index (χ2v) is 5.19. The molecule has 17 heavy (non-hydrogen) atoms. The molecule has 0 saturated carbocycles. The lowest BCUT2D eigenvalue weighted by atomic mass is 10.0. The Bertz CT molecular complexity index is 273. The fraction of sp³-hybridized carbons (Fsp3) is 0.818. The molecule has 0 heterocycles. The third-order valence-corrected chi connectivity index (χ3v) is 3.70. The van der Waals surface area contributed by atoms with Crippen LogP contribution in [0.2, 0.25) is 0 Å². The van der Waals surface area contributed by atoms with E-state index in [2.05, 4.69) is 5.32 Å². The molecule has 2 amide bonds. The van der Waals surface area contributed by atoms with Gasteiger partial charge < -0.3 is 15.3 Å². The SMILES string of the molecule is CSCC(C)N(C)C(=O)NC(C)C(C)C(=O)O. The highest BCUT2D eigenvalue weighted by Gasteiger charge is 2.23. The molecule has 0 saturated heterocycles. The molecule has 0 aromatic heterocycles. The first-order chi connectivity index (χ1) is 7.81. The number of urea groups is 1. The number of carbonyl (C=O) groups excluding carboxylic acids is 1. The fourth-order valence-corrected chi connectivity index (χ4v) is 1.89. The summed E-state index contributed by atoms with van der Waals surface area (Å²) < 4.78 is 0. The maximum absolute atomic E-state index is 11.8. The molecule has 0 bridgehead atoms. The van der Waals surface area contributed by atoms with Gasteiger partial charge in [-0.3, -0.25) is 4.79 Å². The van der Waals surface area contributed by atoms with Crippen LogP contribution in [0, 0.1) is 5.92 Å². The van der Waals surface area contributed by atoms with E-state index in [9.17, 15) is 9.59 Å². The molecule has 6 heteroatoms. The lowest BCUT2D eigenvalue weighted by Gasteiger charge is -2.27. The van der Waals surface area contributed by atoms with Crippen LogP contribution in [0.3, 0.4) is 0 Å². The van der Waals surface area contributed by atoms with Gasteiger partial charge in [-0.05, 0) is 27.0 Å². The number of nitrogens with zero attached hydrogens (tertiary/aromatic N) is 1. The molecular weight excluding hydrogens is 240 g/mol. The van der Waals surface area contributed by atoms with E-state index in [1.54, 1.807) is 37.6 Å². The van der Waals surface area contributed by atoms with Crippen molar-refractivity contribution in [3.63, 3.8) is 0 Å². The number of thioether (sulfide) groups is 1. The lowest BCUT2D eigenvalue weighted by molar-refractivity contribution is -0.141. The second kappa shape index (κ2) is 7.42. The average molecular weight is 262 g/mol. The van der Waals surface area contributed by atoms with Gasteiger partial charge in [0.25, 0.3) is 0 Å². The Labute approximate surface area is 107 Å². The molecule has 0 rings (SSSR count). The molecule has 100 valence electrons. The van der Waals surface area contributed by atoms with Gasteiger partial charge in [0.15, 0.2) is 0 Å². The summed E-state index contributed by atoms with van der Waals surface area (Å²) in [4.78, 5) is 24.2. The second-order valence-electron chi connectivity index (χ2n) is 4.28. The number of nitrogens with one attached hydrogen (secondary N) is 1. The van der Waals surface area contributed by atoms with E-state index in [1.807, 2.05) is 13.2 Å². The number of carbonyl (C=O) groups is 2. The average Bonchev–Trinajstić information content (AvgIpc) is 2.26. The molecule has 0 aliphatic carbocycles. The predicted octanol–water partition coefficient (Wildman–Crippen LogP) is 1.49. The number of carboxylic acid groups (broad SMARTS) is 1. The Kier molecular flexibility index (Phi) is 7.03. The molecule has 0 aliphatic heterocycles. The number of amides is 2. The Morgan fingerprint density at radius 3 is 2.29 bits per heavy atom. The normalized spacial score (nSPS) is 15.8. The highest BCUT2D eigenvalue weighted by molar-refractivity contribution is 7.98. The highest BCUT2D eigenvalue weighted by atomic mass is 32.2. The van der Waals surface area contributed by atoms with Crippen LogP contribution in [-0.4, -0.2) is 53.1 Å². The van der Waals surface area contributed by atoms with E-state index < -0.39 is 11.9 Å². The smallest absolute Gasteiger partial charge is 0.317 e. The van der Waals surface area contributed by atoms with Gasteiger partial charge in [0.1, 0.15) is 0 Å². The minimum absolute atomic E-state index is 0.123. The van der Waals surface area contributed by atoms with Gasteiger partial charge in [-0.2, -0.15) is 11.8 Å². The van der Waals surface area contributed by atoms with Crippen molar-refractivity contribution in [2.75, 3.05) is 19.1 Å². The Morgan fingerprint density at radius 1 is 1.35 bits per heavy atom. The van der Waals surface area contributed by atoms with Gasteiger partial charge in [0, 0.05) is 24.9 Å². The summed E-state index contributed by atoms with van der Waals surface area (Å²) in [5.74, 6) is -0.645. The maximum atomic E-state index is 11.8. The van der Waals surface area contributed by atoms with Gasteiger partial charge in [-0.1, -0.05) is 0 Å². The third kappa shape index (κ3) is 5.30. The molecule has 0 spiro atoms. The van der Waals surface area contributed by atoms with E-state index in [1.165, 1.54) is 0 Å². The molecule has 3 atom stereocenters. The summed E-state index contributed by atoms with van der Waals surface area (Å²) in [6.07, 6.45) is 1.98. The van der Waals surface area contributed by atoms with Crippen LogP contribution in [0.4, 0.5) is 4.79 Å². The highest BCUT2D eigenvalue weighted by Crippen LogP contribution is 2.06. The van der Waals surface area contributed by atoms with Crippen molar-refractivity contribution < 1.29 is 14.7 Å². The molecule has 3 unspecified atom stereocenters. The number of hydrogen-bond donors (Lipinski definition) is 2. The largest absolute Gasteiger partial charge is 0.481 e. The van der Waals surface area contributed by atoms with Crippen LogP contribution >= 0.6 is 11.8 Å². The van der Waals surface area contributed by atoms with E-state index >= 15 is 0 Å². The Morgan fingerprint density at radius 2 is 1.88 bits per heavy atom. The van der Waals surface area contributed by atoms with Gasteiger partial charge in [0.2, 0.25) is 0 Å². The zero-order valence-electron chi connectivity index (χ0n) is 11.1. The summed E-state index contributed by atoms with van der Waals surface area (Å²) in [7, 11) is 1.72. The van der Waals surface area contributed by atoms with Crippen molar-refractivity contribution in [3.8, 4) is 0 Å². The van der Waals surface area contributed by atoms with Gasteiger partial charge >= 0.3 is 12.0 Å². The van der Waals surface area contributed by atoms with Crippen molar-refractivity contribution in [2.24, 2.45) is 5.92 Å². The molecule has 0 aliphatic rings. The summed E-state index contributed by atoms with van der Waals surface area (Å²) >= 11 is 1.67. The minimum Gasteiger partial charge on any atom is -0.481 e. The Hall–Kier alpha value is -0.910. The monoisotopic (exact) mass is 262 g/mol. The van der Waals surface area contributed by atoms with Crippen molar-refractivity contribution in [3.05, 3.63) is 0 Å². The maximum Gasteiger partial charge on any atom is 0.317 e. The molecule has 0 radical (unpaired) electrons. The topological polar surface area (TPSA) is 69.6 Å². The first kappa shape index (κ1) is 16.1. The third-order valence-electron chi connectivity index (χ3n) is 2.88. The zero-order valence-corrected chi connectivity index (χ0v) is 11.9. The minimum atomic E-state index is -0.905. The van der Waals surface area contributed by atoms with E-state index in [4.69, 9.17) is 5.11 Å². The molecule has 0 fully saturated rings. The molecule has 2 N–H and O–H groups in total. The Balaban J connectivity index is 4.29. The number of hydrogen-bond acceptors (Lipinski definition) is 3. The summed E-state index contributed by atoms with van der Waals surface area (Å²) in [5, 5.41) is 11.5. The van der Waals surface area contributed by atoms with Crippen LogP contribution in [0.1, 0.15) is 20.8 Å². The van der Waals surface area contributed by atoms with Crippen LogP contribution in [0.15, 0.2) is 0 Å². The van der Waals surface area contributed by atoms with Crippen LogP contribution in [0.5, 0.6) is 0 Å². The molecular formula is C11H22N2O3S. The summed E-state index contributed by atoms with van der Waals surface area (Å²) in [6, 6.07) is -0.492. The van der Waals surface area contributed by atoms with Crippen molar-refractivity contribution in [1.29, 1.82) is 0 Å². The van der Waals surface area contributed by atoms with E-state index in [0.29, 0.717) is 0 Å². The first-order valence-electron chi connectivity index (χ1n) is 5.56. The molecule has 0 aromatic carbocycles. The molecule has 5 nitrogen and oxygen atoms in total. The van der Waals surface area contributed by atoms with Crippen molar-refractivity contribution >= 4 is 23.8 Å². The number of carboxylic acids is 1. The van der Waals surface area contributed by atoms with Crippen LogP contribution in [-0.2, 0) is 4.79 Å². The predicted molar refractivity (Wildman–Crippen MR) is 70.4 cm³/mol. The number of rotatable bonds is 6. The summed E-state index contributed by atoms with van der Waals surface area (Å²) in [5.41, 5.74) is 0. The molecule has 0 aromatic rings. The van der Waals surface area contributed by atoms with Crippen molar-refractivity contribution in [1.82, 2.24) is 10.2 Å². The van der Waals surface area contributed by atoms with Gasteiger partial charge in [0.05, 0.1) is 5.92 Å². The van der Waals surface area contributed by atoms with Gasteiger partial charge in [-0.25, -0.2) is 4.79 Å². The van der Waals surface area contributed by atoms with Crippen LogP contribution < -0.4 is 5.32 Å². The number of aliphatic carboxylic acids is 1. The van der Waals surface area contributed by atoms with Crippen LogP contribution in [0.25, 0.3) is 0 Å². The van der Waals surface area contributed by atoms with E-state index in [0.717, 1.165) is 5.75 Å². The van der Waals surface area contributed by atoms with Gasteiger partial charge in [-0.15, -0.1) is 0 Å².